The van der Waals surface area contributed by atoms with Gasteiger partial charge in [-0.05, 0) is 17.2 Å². The summed E-state index contributed by atoms with van der Waals surface area (Å²) in [7, 11) is 1.33. The summed E-state index contributed by atoms with van der Waals surface area (Å²) in [5.41, 5.74) is 3.00. The van der Waals surface area contributed by atoms with Crippen molar-refractivity contribution in [2.24, 2.45) is 0 Å². The second-order valence-corrected chi connectivity index (χ2v) is 4.68. The predicted molar refractivity (Wildman–Crippen MR) is 69.7 cm³/mol. The molecule has 0 spiro atoms. The lowest BCUT2D eigenvalue weighted by Crippen LogP contribution is -2.44. The summed E-state index contributed by atoms with van der Waals surface area (Å²) in [6.07, 6.45) is 2.60. The van der Waals surface area contributed by atoms with Crippen LogP contribution in [0.1, 0.15) is 11.1 Å². The second-order valence-electron chi connectivity index (χ2n) is 4.68. The van der Waals surface area contributed by atoms with Crippen LogP contribution in [0.3, 0.4) is 0 Å². The molecule has 1 aliphatic heterocycles. The van der Waals surface area contributed by atoms with Gasteiger partial charge in [-0.1, -0.05) is 12.1 Å². The zero-order chi connectivity index (χ0) is 13.4. The maximum Gasteiger partial charge on any atom is 0.328 e. The number of methoxy groups -OCH3 is 1. The number of H-pyrrole nitrogens is 1. The summed E-state index contributed by atoms with van der Waals surface area (Å²) in [6.45, 7) is 0. The molecule has 0 radical (unpaired) electrons. The summed E-state index contributed by atoms with van der Waals surface area (Å²) in [6, 6.07) is 5.21. The zero-order valence-electron chi connectivity index (χ0n) is 10.5. The van der Waals surface area contributed by atoms with Crippen molar-refractivity contribution in [1.82, 2.24) is 10.3 Å². The van der Waals surface area contributed by atoms with Crippen molar-refractivity contribution in [3.05, 3.63) is 35.5 Å². The van der Waals surface area contributed by atoms with Gasteiger partial charge in [0.1, 0.15) is 6.04 Å². The van der Waals surface area contributed by atoms with E-state index in [-0.39, 0.29) is 12.3 Å². The van der Waals surface area contributed by atoms with Crippen LogP contribution >= 0.6 is 0 Å². The molecule has 1 atom stereocenters. The third kappa shape index (κ3) is 1.97. The van der Waals surface area contributed by atoms with Crippen LogP contribution < -0.4 is 5.32 Å². The van der Waals surface area contributed by atoms with Crippen LogP contribution in [-0.2, 0) is 27.2 Å². The molecule has 0 saturated carbocycles. The maximum atomic E-state index is 11.9. The molecule has 0 saturated heterocycles. The number of aromatic nitrogens is 1. The number of hydrogen-bond acceptors (Lipinski definition) is 3. The number of ether oxygens (including phenoxy) is 1. The lowest BCUT2D eigenvalue weighted by molar-refractivity contribution is -0.145. The third-order valence-corrected chi connectivity index (χ3v) is 3.47. The minimum Gasteiger partial charge on any atom is -0.467 e. The average molecular weight is 258 g/mol. The van der Waals surface area contributed by atoms with E-state index in [9.17, 15) is 9.59 Å². The number of amides is 1. The normalized spacial score (nSPS) is 18.6. The third-order valence-electron chi connectivity index (χ3n) is 3.47. The summed E-state index contributed by atoms with van der Waals surface area (Å²) in [5, 5.41) is 3.76. The summed E-state index contributed by atoms with van der Waals surface area (Å²) < 4.78 is 4.73. The number of hydrogen-bond donors (Lipinski definition) is 2. The molecule has 1 amide bonds. The van der Waals surface area contributed by atoms with E-state index in [0.29, 0.717) is 6.42 Å². The van der Waals surface area contributed by atoms with Crippen molar-refractivity contribution in [3.63, 3.8) is 0 Å². The standard InChI is InChI=1S/C14H14N2O3/c1-19-14(18)11-5-9-7-15-10-4-2-3-8(13(9)10)6-12(17)16-11/h2-4,7,11,15H,5-6H2,1H3,(H,16,17). The van der Waals surface area contributed by atoms with Crippen LogP contribution in [0, 0.1) is 0 Å². The Morgan fingerprint density at radius 3 is 3.00 bits per heavy atom. The molecule has 0 aliphatic carbocycles. The molecule has 2 N–H and O–H groups in total. The molecule has 0 fully saturated rings. The Bertz CT molecular complexity index is 660. The van der Waals surface area contributed by atoms with E-state index in [1.807, 2.05) is 24.4 Å². The maximum absolute atomic E-state index is 11.9. The number of esters is 1. The molecule has 2 heterocycles. The quantitative estimate of drug-likeness (QED) is 0.747. The van der Waals surface area contributed by atoms with Crippen LogP contribution in [0.25, 0.3) is 10.9 Å². The summed E-state index contributed by atoms with van der Waals surface area (Å²) in [5.74, 6) is -0.572. The summed E-state index contributed by atoms with van der Waals surface area (Å²) in [4.78, 5) is 26.8. The van der Waals surface area contributed by atoms with Crippen molar-refractivity contribution >= 4 is 22.8 Å². The van der Waals surface area contributed by atoms with Crippen LogP contribution in [-0.4, -0.2) is 30.0 Å². The SMILES string of the molecule is COC(=O)C1Cc2c[nH]c3cccc(c23)CC(=O)N1. The fourth-order valence-electron chi connectivity index (χ4n) is 2.62. The monoisotopic (exact) mass is 258 g/mol. The molecule has 0 bridgehead atoms. The minimum atomic E-state index is -0.621. The number of aromatic amines is 1. The highest BCUT2D eigenvalue weighted by molar-refractivity contribution is 5.94. The smallest absolute Gasteiger partial charge is 0.328 e. The highest BCUT2D eigenvalue weighted by atomic mass is 16.5. The number of rotatable bonds is 1. The van der Waals surface area contributed by atoms with Crippen molar-refractivity contribution in [2.45, 2.75) is 18.9 Å². The fraction of sp³-hybridized carbons (Fsp3) is 0.286. The van der Waals surface area contributed by atoms with Gasteiger partial charge in [0.25, 0.3) is 0 Å². The molecule has 5 nitrogen and oxygen atoms in total. The van der Waals surface area contributed by atoms with Crippen LogP contribution in [0.4, 0.5) is 0 Å². The largest absolute Gasteiger partial charge is 0.467 e. The Kier molecular flexibility index (Phi) is 2.74. The van der Waals surface area contributed by atoms with Crippen molar-refractivity contribution in [1.29, 1.82) is 0 Å². The van der Waals surface area contributed by atoms with Crippen LogP contribution in [0.2, 0.25) is 0 Å². The topological polar surface area (TPSA) is 71.2 Å². The van der Waals surface area contributed by atoms with E-state index in [4.69, 9.17) is 4.74 Å². The van der Waals surface area contributed by atoms with E-state index >= 15 is 0 Å². The number of benzene rings is 1. The first-order chi connectivity index (χ1) is 9.19. The predicted octanol–water partition coefficient (Wildman–Crippen LogP) is 0.924. The number of carbonyl (C=O) groups excluding carboxylic acids is 2. The first kappa shape index (κ1) is 11.8. The molecule has 3 rings (SSSR count). The molecular weight excluding hydrogens is 244 g/mol. The van der Waals surface area contributed by atoms with Gasteiger partial charge in [-0.3, -0.25) is 4.79 Å². The highest BCUT2D eigenvalue weighted by Gasteiger charge is 2.26. The fourth-order valence-corrected chi connectivity index (χ4v) is 2.62. The Balaban J connectivity index is 2.11. The minimum absolute atomic E-state index is 0.158. The van der Waals surface area contributed by atoms with Crippen molar-refractivity contribution < 1.29 is 14.3 Å². The molecule has 1 aromatic carbocycles. The lowest BCUT2D eigenvalue weighted by Gasteiger charge is -2.19. The highest BCUT2D eigenvalue weighted by Crippen LogP contribution is 2.25. The average Bonchev–Trinajstić information content (AvgIpc) is 2.79. The number of nitrogens with one attached hydrogen (secondary N) is 2. The van der Waals surface area contributed by atoms with Crippen molar-refractivity contribution in [2.75, 3.05) is 7.11 Å². The summed E-state index contributed by atoms with van der Waals surface area (Å²) >= 11 is 0. The Labute approximate surface area is 109 Å². The van der Waals surface area contributed by atoms with Gasteiger partial charge in [-0.25, -0.2) is 4.79 Å². The van der Waals surface area contributed by atoms with Gasteiger partial charge in [-0.2, -0.15) is 0 Å². The van der Waals surface area contributed by atoms with Gasteiger partial charge in [0, 0.05) is 23.5 Å². The lowest BCUT2D eigenvalue weighted by atomic mass is 9.96. The van der Waals surface area contributed by atoms with E-state index in [1.165, 1.54) is 7.11 Å². The van der Waals surface area contributed by atoms with Crippen LogP contribution in [0.15, 0.2) is 24.4 Å². The van der Waals surface area contributed by atoms with Crippen molar-refractivity contribution in [3.8, 4) is 0 Å². The van der Waals surface area contributed by atoms with E-state index in [1.54, 1.807) is 0 Å². The van der Waals surface area contributed by atoms with E-state index in [0.717, 1.165) is 22.0 Å². The number of carbonyl (C=O) groups is 2. The molecular formula is C14H14N2O3. The molecule has 1 unspecified atom stereocenters. The zero-order valence-corrected chi connectivity index (χ0v) is 10.5. The molecule has 2 aromatic rings. The first-order valence-corrected chi connectivity index (χ1v) is 6.14. The van der Waals surface area contributed by atoms with Gasteiger partial charge in [-0.15, -0.1) is 0 Å². The van der Waals surface area contributed by atoms with E-state index in [2.05, 4.69) is 10.3 Å². The first-order valence-electron chi connectivity index (χ1n) is 6.14. The molecule has 19 heavy (non-hydrogen) atoms. The van der Waals surface area contributed by atoms with Gasteiger partial charge in [0.2, 0.25) is 5.91 Å². The Morgan fingerprint density at radius 2 is 2.21 bits per heavy atom. The van der Waals surface area contributed by atoms with Gasteiger partial charge in [0.15, 0.2) is 0 Å². The molecule has 5 heteroatoms. The van der Waals surface area contributed by atoms with Gasteiger partial charge in [0.05, 0.1) is 13.5 Å². The van der Waals surface area contributed by atoms with Gasteiger partial charge >= 0.3 is 5.97 Å². The van der Waals surface area contributed by atoms with Gasteiger partial charge < -0.3 is 15.0 Å². The second kappa shape index (κ2) is 4.42. The molecule has 1 aromatic heterocycles. The molecule has 98 valence electrons. The molecule has 1 aliphatic rings. The Morgan fingerprint density at radius 1 is 1.37 bits per heavy atom. The van der Waals surface area contributed by atoms with Crippen LogP contribution in [0.5, 0.6) is 0 Å². The van der Waals surface area contributed by atoms with E-state index < -0.39 is 12.0 Å². The Hall–Kier alpha value is -2.30.